The Kier molecular flexibility index (Phi) is 5.70. The number of aryl methyl sites for hydroxylation is 1. The summed E-state index contributed by atoms with van der Waals surface area (Å²) in [6, 6.07) is 9.16. The van der Waals surface area contributed by atoms with E-state index in [0.29, 0.717) is 12.8 Å². The van der Waals surface area contributed by atoms with Crippen LogP contribution in [0.15, 0.2) is 30.3 Å². The third-order valence-electron chi connectivity index (χ3n) is 3.06. The second kappa shape index (κ2) is 7.05. The number of nitrogens with two attached hydrogens (primary N) is 1. The number of esters is 1. The lowest BCUT2D eigenvalue weighted by Gasteiger charge is -2.25. The third-order valence-corrected chi connectivity index (χ3v) is 3.06. The minimum atomic E-state index is -1.07. The highest BCUT2D eigenvalue weighted by molar-refractivity contribution is 5.89. The number of hydrogen-bond donors (Lipinski definition) is 2. The molecule has 1 aromatic carbocycles. The normalized spacial score (nSPS) is 12.6. The molecule has 0 aromatic heterocycles. The van der Waals surface area contributed by atoms with E-state index in [9.17, 15) is 9.59 Å². The number of carbonyl (C=O) groups excluding carboxylic acids is 2. The van der Waals surface area contributed by atoms with Gasteiger partial charge in [0.25, 0.3) is 0 Å². The average molecular weight is 278 g/mol. The molecule has 20 heavy (non-hydrogen) atoms. The van der Waals surface area contributed by atoms with Crippen LogP contribution in [0.5, 0.6) is 0 Å². The zero-order chi connectivity index (χ0) is 15.2. The molecular formula is C15H22N2O3. The molecule has 0 heterocycles. The number of rotatable bonds is 6. The highest BCUT2D eigenvalue weighted by atomic mass is 16.5. The third kappa shape index (κ3) is 4.66. The van der Waals surface area contributed by atoms with Crippen LogP contribution < -0.4 is 11.1 Å². The molecule has 1 rings (SSSR count). The molecule has 0 aliphatic carbocycles. The lowest BCUT2D eigenvalue weighted by molar-refractivity contribution is -0.149. The number of ether oxygens (including phenoxy) is 1. The van der Waals surface area contributed by atoms with Crippen molar-refractivity contribution >= 4 is 11.9 Å². The fourth-order valence-corrected chi connectivity index (χ4v) is 1.80. The smallest absolute Gasteiger partial charge is 0.330 e. The van der Waals surface area contributed by atoms with Gasteiger partial charge in [-0.05, 0) is 32.3 Å². The van der Waals surface area contributed by atoms with Crippen LogP contribution in [-0.4, -0.2) is 30.6 Å². The monoisotopic (exact) mass is 278 g/mol. The van der Waals surface area contributed by atoms with Crippen molar-refractivity contribution in [3.05, 3.63) is 35.9 Å². The van der Waals surface area contributed by atoms with Crippen LogP contribution in [0.2, 0.25) is 0 Å². The molecule has 1 atom stereocenters. The van der Waals surface area contributed by atoms with E-state index in [0.717, 1.165) is 5.56 Å². The zero-order valence-corrected chi connectivity index (χ0v) is 12.2. The van der Waals surface area contributed by atoms with Gasteiger partial charge >= 0.3 is 5.97 Å². The van der Waals surface area contributed by atoms with Crippen molar-refractivity contribution in [1.29, 1.82) is 0 Å². The molecule has 0 fully saturated rings. The first-order valence-electron chi connectivity index (χ1n) is 6.57. The van der Waals surface area contributed by atoms with Crippen molar-refractivity contribution in [2.45, 2.75) is 38.3 Å². The predicted molar refractivity (Wildman–Crippen MR) is 77.0 cm³/mol. The Bertz CT molecular complexity index is 457. The standard InChI is InChI=1S/C15H22N2O3/c1-15(2,14(19)20-3)17-13(18)12(16)10-9-11-7-5-4-6-8-11/h4-8,12H,9-10,16H2,1-3H3,(H,17,18)/t12-/m0/s1. The van der Waals surface area contributed by atoms with Crippen LogP contribution in [0.25, 0.3) is 0 Å². The maximum Gasteiger partial charge on any atom is 0.330 e. The first-order chi connectivity index (χ1) is 9.36. The number of hydrogen-bond acceptors (Lipinski definition) is 4. The van der Waals surface area contributed by atoms with E-state index in [4.69, 9.17) is 5.73 Å². The summed E-state index contributed by atoms with van der Waals surface area (Å²) in [6.45, 7) is 3.17. The van der Waals surface area contributed by atoms with E-state index in [-0.39, 0.29) is 5.91 Å². The molecule has 110 valence electrons. The van der Waals surface area contributed by atoms with Crippen LogP contribution in [0, 0.1) is 0 Å². The second-order valence-electron chi connectivity index (χ2n) is 5.24. The molecule has 1 aromatic rings. The molecule has 0 saturated heterocycles. The topological polar surface area (TPSA) is 81.4 Å². The summed E-state index contributed by atoms with van der Waals surface area (Å²) in [7, 11) is 1.28. The van der Waals surface area contributed by atoms with E-state index in [1.165, 1.54) is 7.11 Å². The summed E-state index contributed by atoms with van der Waals surface area (Å²) in [4.78, 5) is 23.4. The van der Waals surface area contributed by atoms with Gasteiger partial charge in [-0.2, -0.15) is 0 Å². The molecule has 0 aliphatic heterocycles. The van der Waals surface area contributed by atoms with E-state index >= 15 is 0 Å². The minimum absolute atomic E-state index is 0.351. The van der Waals surface area contributed by atoms with Gasteiger partial charge in [0.05, 0.1) is 13.2 Å². The van der Waals surface area contributed by atoms with Crippen molar-refractivity contribution in [3.63, 3.8) is 0 Å². The van der Waals surface area contributed by atoms with Crippen molar-refractivity contribution in [2.24, 2.45) is 5.73 Å². The quantitative estimate of drug-likeness (QED) is 0.761. The number of benzene rings is 1. The van der Waals surface area contributed by atoms with Crippen molar-refractivity contribution < 1.29 is 14.3 Å². The molecule has 0 radical (unpaired) electrons. The van der Waals surface area contributed by atoms with Crippen LogP contribution >= 0.6 is 0 Å². The Labute approximate surface area is 119 Å². The van der Waals surface area contributed by atoms with E-state index in [1.807, 2.05) is 30.3 Å². The highest BCUT2D eigenvalue weighted by Gasteiger charge is 2.31. The van der Waals surface area contributed by atoms with Crippen LogP contribution in [0.3, 0.4) is 0 Å². The van der Waals surface area contributed by atoms with Gasteiger partial charge in [-0.25, -0.2) is 4.79 Å². The highest BCUT2D eigenvalue weighted by Crippen LogP contribution is 2.07. The summed E-state index contributed by atoms with van der Waals surface area (Å²) in [5.41, 5.74) is 5.90. The Morgan fingerprint density at radius 2 is 1.90 bits per heavy atom. The molecule has 5 nitrogen and oxygen atoms in total. The van der Waals surface area contributed by atoms with Gasteiger partial charge in [-0.1, -0.05) is 30.3 Å². The van der Waals surface area contributed by atoms with Crippen LogP contribution in [-0.2, 0) is 20.7 Å². The van der Waals surface area contributed by atoms with E-state index < -0.39 is 17.6 Å². The molecule has 0 unspecified atom stereocenters. The van der Waals surface area contributed by atoms with Crippen molar-refractivity contribution in [2.75, 3.05) is 7.11 Å². The fraction of sp³-hybridized carbons (Fsp3) is 0.467. The van der Waals surface area contributed by atoms with Gasteiger partial charge < -0.3 is 15.8 Å². The number of nitrogens with one attached hydrogen (secondary N) is 1. The molecule has 0 spiro atoms. The summed E-state index contributed by atoms with van der Waals surface area (Å²) >= 11 is 0. The van der Waals surface area contributed by atoms with Crippen LogP contribution in [0.4, 0.5) is 0 Å². The lowest BCUT2D eigenvalue weighted by Crippen LogP contribution is -2.55. The molecule has 1 amide bonds. The zero-order valence-electron chi connectivity index (χ0n) is 12.2. The number of carbonyl (C=O) groups is 2. The van der Waals surface area contributed by atoms with E-state index in [2.05, 4.69) is 10.1 Å². The molecule has 0 aliphatic rings. The summed E-state index contributed by atoms with van der Waals surface area (Å²) < 4.78 is 4.63. The van der Waals surface area contributed by atoms with Crippen LogP contribution in [0.1, 0.15) is 25.8 Å². The summed E-state index contributed by atoms with van der Waals surface area (Å²) in [5, 5.41) is 2.60. The largest absolute Gasteiger partial charge is 0.467 e. The molecule has 3 N–H and O–H groups in total. The second-order valence-corrected chi connectivity index (χ2v) is 5.24. The van der Waals surface area contributed by atoms with Gasteiger partial charge in [0.1, 0.15) is 5.54 Å². The molecular weight excluding hydrogens is 256 g/mol. The molecule has 0 bridgehead atoms. The first kappa shape index (κ1) is 16.2. The van der Waals surface area contributed by atoms with Gasteiger partial charge in [0, 0.05) is 0 Å². The maximum absolute atomic E-state index is 12.0. The average Bonchev–Trinajstić information content (AvgIpc) is 2.44. The van der Waals surface area contributed by atoms with E-state index in [1.54, 1.807) is 13.8 Å². The van der Waals surface area contributed by atoms with Gasteiger partial charge in [0.2, 0.25) is 5.91 Å². The Morgan fingerprint density at radius 3 is 2.45 bits per heavy atom. The number of amides is 1. The van der Waals surface area contributed by atoms with Gasteiger partial charge in [-0.3, -0.25) is 4.79 Å². The first-order valence-corrected chi connectivity index (χ1v) is 6.57. The summed E-state index contributed by atoms with van der Waals surface area (Å²) in [6.07, 6.45) is 1.24. The lowest BCUT2D eigenvalue weighted by atomic mass is 10.0. The Hall–Kier alpha value is -1.88. The Morgan fingerprint density at radius 1 is 1.30 bits per heavy atom. The SMILES string of the molecule is COC(=O)C(C)(C)NC(=O)[C@@H](N)CCc1ccccc1. The van der Waals surface area contributed by atoms with Crippen molar-refractivity contribution in [3.8, 4) is 0 Å². The van der Waals surface area contributed by atoms with Crippen molar-refractivity contribution in [1.82, 2.24) is 5.32 Å². The number of methoxy groups -OCH3 is 1. The summed E-state index contributed by atoms with van der Waals surface area (Å²) in [5.74, 6) is -0.850. The van der Waals surface area contributed by atoms with Gasteiger partial charge in [0.15, 0.2) is 0 Å². The molecule has 5 heteroatoms. The van der Waals surface area contributed by atoms with Gasteiger partial charge in [-0.15, -0.1) is 0 Å². The fourth-order valence-electron chi connectivity index (χ4n) is 1.80. The predicted octanol–water partition coefficient (Wildman–Crippen LogP) is 1.01. The Balaban J connectivity index is 2.49. The maximum atomic E-state index is 12.0. The molecule has 0 saturated carbocycles. The minimum Gasteiger partial charge on any atom is -0.467 e.